The number of rotatable bonds is 3. The van der Waals surface area contributed by atoms with Gasteiger partial charge in [0.15, 0.2) is 5.78 Å². The number of halogens is 1. The van der Waals surface area contributed by atoms with Gasteiger partial charge in [0.05, 0.1) is 12.0 Å². The maximum absolute atomic E-state index is 12.2. The Balaban J connectivity index is 2.38. The van der Waals surface area contributed by atoms with Crippen LogP contribution in [0.4, 0.5) is 0 Å². The van der Waals surface area contributed by atoms with E-state index in [9.17, 15) is 4.79 Å². The van der Waals surface area contributed by atoms with Gasteiger partial charge in [-0.05, 0) is 31.0 Å². The topological polar surface area (TPSA) is 26.3 Å². The van der Waals surface area contributed by atoms with Crippen molar-refractivity contribution in [3.8, 4) is 5.75 Å². The van der Waals surface area contributed by atoms with Crippen LogP contribution in [0.2, 0.25) is 0 Å². The zero-order valence-corrected chi connectivity index (χ0v) is 11.8. The summed E-state index contributed by atoms with van der Waals surface area (Å²) in [5.74, 6) is 0.933. The predicted octanol–water partition coefficient (Wildman–Crippen LogP) is 4.36. The quantitative estimate of drug-likeness (QED) is 0.828. The van der Waals surface area contributed by atoms with Gasteiger partial charge in [0.2, 0.25) is 0 Å². The van der Waals surface area contributed by atoms with Gasteiger partial charge in [0.1, 0.15) is 11.4 Å². The highest BCUT2D eigenvalue weighted by Gasteiger charge is 2.38. The van der Waals surface area contributed by atoms with Gasteiger partial charge in [-0.25, -0.2) is 0 Å². The van der Waals surface area contributed by atoms with Crippen LogP contribution in [-0.4, -0.2) is 11.4 Å². The summed E-state index contributed by atoms with van der Waals surface area (Å²) >= 11 is 3.39. The summed E-state index contributed by atoms with van der Waals surface area (Å²) in [6.45, 7) is 4.22. The highest BCUT2D eigenvalue weighted by molar-refractivity contribution is 9.10. The number of benzene rings is 1. The Morgan fingerprint density at radius 1 is 1.41 bits per heavy atom. The average Bonchev–Trinajstić information content (AvgIpc) is 2.31. The molecule has 2 nitrogen and oxygen atoms in total. The molecular weight excluding hydrogens is 280 g/mol. The maximum atomic E-state index is 12.2. The first kappa shape index (κ1) is 12.6. The second-order valence-corrected chi connectivity index (χ2v) is 5.54. The van der Waals surface area contributed by atoms with E-state index < -0.39 is 0 Å². The summed E-state index contributed by atoms with van der Waals surface area (Å²) in [7, 11) is 0. The molecule has 1 aliphatic heterocycles. The number of carbonyl (C=O) groups excluding carboxylic acids is 1. The predicted molar refractivity (Wildman–Crippen MR) is 71.6 cm³/mol. The number of hydrogen-bond acceptors (Lipinski definition) is 2. The van der Waals surface area contributed by atoms with Crippen LogP contribution >= 0.6 is 15.9 Å². The highest BCUT2D eigenvalue weighted by Crippen LogP contribution is 2.38. The molecule has 1 heterocycles. The lowest BCUT2D eigenvalue weighted by Gasteiger charge is -2.37. The van der Waals surface area contributed by atoms with E-state index in [0.717, 1.165) is 29.5 Å². The maximum Gasteiger partial charge on any atom is 0.170 e. The molecule has 1 atom stereocenters. The lowest BCUT2D eigenvalue weighted by atomic mass is 9.84. The molecule has 1 aromatic rings. The Bertz CT molecular complexity index is 442. The van der Waals surface area contributed by atoms with Crippen LogP contribution in [0.1, 0.15) is 49.9 Å². The Morgan fingerprint density at radius 3 is 2.82 bits per heavy atom. The van der Waals surface area contributed by atoms with Crippen molar-refractivity contribution in [1.82, 2.24) is 0 Å². The molecule has 17 heavy (non-hydrogen) atoms. The van der Waals surface area contributed by atoms with E-state index in [1.54, 1.807) is 0 Å². The molecule has 0 saturated carbocycles. The summed E-state index contributed by atoms with van der Waals surface area (Å²) in [5.41, 5.74) is 0.423. The highest BCUT2D eigenvalue weighted by atomic mass is 79.9. The molecule has 1 aliphatic rings. The summed E-state index contributed by atoms with van der Waals surface area (Å²) in [4.78, 5) is 12.2. The fourth-order valence-corrected chi connectivity index (χ4v) is 2.80. The van der Waals surface area contributed by atoms with Gasteiger partial charge in [-0.15, -0.1) is 0 Å². The van der Waals surface area contributed by atoms with E-state index in [1.807, 2.05) is 18.2 Å². The van der Waals surface area contributed by atoms with Gasteiger partial charge in [-0.2, -0.15) is 0 Å². The van der Waals surface area contributed by atoms with Gasteiger partial charge in [0, 0.05) is 4.47 Å². The van der Waals surface area contributed by atoms with Crippen molar-refractivity contribution in [2.75, 3.05) is 0 Å². The number of ether oxygens (including phenoxy) is 1. The molecule has 3 heteroatoms. The standard InChI is InChI=1S/C14H17BrO2/c1-3-7-14(4-2)9-12(16)11-8-10(15)5-6-13(11)17-14/h5-6,8H,3-4,7,9H2,1-2H3. The Kier molecular flexibility index (Phi) is 3.57. The van der Waals surface area contributed by atoms with E-state index >= 15 is 0 Å². The second-order valence-electron chi connectivity index (χ2n) is 4.63. The first-order valence-electron chi connectivity index (χ1n) is 6.12. The molecule has 0 fully saturated rings. The van der Waals surface area contributed by atoms with E-state index in [1.165, 1.54) is 0 Å². The van der Waals surface area contributed by atoms with E-state index in [2.05, 4.69) is 29.8 Å². The third-order valence-corrected chi connectivity index (χ3v) is 3.89. The minimum Gasteiger partial charge on any atom is -0.486 e. The average molecular weight is 297 g/mol. The molecule has 0 saturated heterocycles. The van der Waals surface area contributed by atoms with Gasteiger partial charge in [-0.1, -0.05) is 36.2 Å². The van der Waals surface area contributed by atoms with Gasteiger partial charge in [-0.3, -0.25) is 4.79 Å². The first-order chi connectivity index (χ1) is 8.10. The lowest BCUT2D eigenvalue weighted by Crippen LogP contribution is -2.41. The molecule has 2 rings (SSSR count). The van der Waals surface area contributed by atoms with Crippen molar-refractivity contribution < 1.29 is 9.53 Å². The minimum absolute atomic E-state index is 0.197. The number of fused-ring (bicyclic) bond motifs is 1. The third-order valence-electron chi connectivity index (χ3n) is 3.40. The monoisotopic (exact) mass is 296 g/mol. The number of Topliss-reactive ketones (excluding diaryl/α,β-unsaturated/α-hetero) is 1. The van der Waals surface area contributed by atoms with E-state index in [4.69, 9.17) is 4.74 Å². The molecule has 0 N–H and O–H groups in total. The van der Waals surface area contributed by atoms with Crippen LogP contribution in [0.15, 0.2) is 22.7 Å². The smallest absolute Gasteiger partial charge is 0.170 e. The van der Waals surface area contributed by atoms with Crippen LogP contribution in [-0.2, 0) is 0 Å². The molecule has 0 amide bonds. The number of hydrogen-bond donors (Lipinski definition) is 0. The molecule has 0 spiro atoms. The minimum atomic E-state index is -0.285. The van der Waals surface area contributed by atoms with Crippen LogP contribution < -0.4 is 4.74 Å². The number of carbonyl (C=O) groups is 1. The van der Waals surface area contributed by atoms with E-state index in [0.29, 0.717) is 12.0 Å². The number of ketones is 1. The summed E-state index contributed by atoms with van der Waals surface area (Å²) < 4.78 is 7.02. The second kappa shape index (κ2) is 4.81. The Hall–Kier alpha value is -0.830. The fourth-order valence-electron chi connectivity index (χ4n) is 2.44. The van der Waals surface area contributed by atoms with Crippen molar-refractivity contribution in [3.05, 3.63) is 28.2 Å². The van der Waals surface area contributed by atoms with Gasteiger partial charge >= 0.3 is 0 Å². The Morgan fingerprint density at radius 2 is 2.18 bits per heavy atom. The summed E-state index contributed by atoms with van der Waals surface area (Å²) in [6.07, 6.45) is 3.35. The third kappa shape index (κ3) is 2.39. The molecule has 0 bridgehead atoms. The Labute approximate surface area is 110 Å². The zero-order chi connectivity index (χ0) is 12.5. The van der Waals surface area contributed by atoms with E-state index in [-0.39, 0.29) is 11.4 Å². The molecular formula is C14H17BrO2. The molecule has 0 aromatic heterocycles. The van der Waals surface area contributed by atoms with Crippen molar-refractivity contribution in [2.24, 2.45) is 0 Å². The molecule has 92 valence electrons. The van der Waals surface area contributed by atoms with Crippen LogP contribution in [0, 0.1) is 0 Å². The van der Waals surface area contributed by atoms with Crippen molar-refractivity contribution in [2.45, 2.75) is 45.1 Å². The van der Waals surface area contributed by atoms with Crippen LogP contribution in [0.25, 0.3) is 0 Å². The summed E-state index contributed by atoms with van der Waals surface area (Å²) in [6, 6.07) is 5.66. The molecule has 0 radical (unpaired) electrons. The molecule has 1 aromatic carbocycles. The normalized spacial score (nSPS) is 23.1. The van der Waals surface area contributed by atoms with Gasteiger partial charge < -0.3 is 4.74 Å². The van der Waals surface area contributed by atoms with Gasteiger partial charge in [0.25, 0.3) is 0 Å². The first-order valence-corrected chi connectivity index (χ1v) is 6.91. The van der Waals surface area contributed by atoms with Crippen molar-refractivity contribution in [1.29, 1.82) is 0 Å². The largest absolute Gasteiger partial charge is 0.486 e. The van der Waals surface area contributed by atoms with Crippen molar-refractivity contribution in [3.63, 3.8) is 0 Å². The fraction of sp³-hybridized carbons (Fsp3) is 0.500. The van der Waals surface area contributed by atoms with Crippen LogP contribution in [0.3, 0.4) is 0 Å². The summed E-state index contributed by atoms with van der Waals surface area (Å²) in [5, 5.41) is 0. The molecule has 1 unspecified atom stereocenters. The molecule has 0 aliphatic carbocycles. The zero-order valence-electron chi connectivity index (χ0n) is 10.3. The van der Waals surface area contributed by atoms with Crippen molar-refractivity contribution >= 4 is 21.7 Å². The lowest BCUT2D eigenvalue weighted by molar-refractivity contribution is 0.0310. The van der Waals surface area contributed by atoms with Crippen LogP contribution in [0.5, 0.6) is 5.75 Å². The SMILES string of the molecule is CCCC1(CC)CC(=O)c2cc(Br)ccc2O1.